The molecule has 3 aromatic rings. The SMILES string of the molecule is COCCn1cc(C(=O)CC(CO)c2cccc(C(F)(F)F)c2Cl)c2c(Cl)cccc21. The molecule has 4 nitrogen and oxygen atoms in total. The predicted octanol–water partition coefficient (Wildman–Crippen LogP) is 5.96. The molecule has 2 aromatic carbocycles. The largest absolute Gasteiger partial charge is 0.417 e. The first-order valence-corrected chi connectivity index (χ1v) is 10.2. The van der Waals surface area contributed by atoms with Gasteiger partial charge in [0.1, 0.15) is 0 Å². The van der Waals surface area contributed by atoms with Crippen LogP contribution in [0.1, 0.15) is 33.8 Å². The average molecular weight is 474 g/mol. The standard InChI is InChI=1S/C22H20Cl2F3NO3/c1-31-9-8-28-11-15(20-17(23)6-3-7-18(20)28)19(30)10-13(12-29)14-4-2-5-16(21(14)24)22(25,26)27/h2-7,11,13,29H,8-10,12H2,1H3. The molecule has 31 heavy (non-hydrogen) atoms. The second-order valence-electron chi connectivity index (χ2n) is 7.08. The fourth-order valence-corrected chi connectivity index (χ4v) is 4.24. The summed E-state index contributed by atoms with van der Waals surface area (Å²) in [6.45, 7) is 0.370. The van der Waals surface area contributed by atoms with Crippen LogP contribution in [0.15, 0.2) is 42.6 Å². The number of ether oxygens (including phenoxy) is 1. The zero-order valence-electron chi connectivity index (χ0n) is 16.5. The molecule has 0 fully saturated rings. The number of Topliss-reactive ketones (excluding diaryl/α,β-unsaturated/α-hetero) is 1. The maximum atomic E-state index is 13.2. The summed E-state index contributed by atoms with van der Waals surface area (Å²) in [6, 6.07) is 8.72. The van der Waals surface area contributed by atoms with Gasteiger partial charge in [-0.25, -0.2) is 0 Å². The summed E-state index contributed by atoms with van der Waals surface area (Å²) >= 11 is 12.3. The van der Waals surface area contributed by atoms with Gasteiger partial charge in [-0.2, -0.15) is 13.2 Å². The molecule has 9 heteroatoms. The minimum absolute atomic E-state index is 0.0709. The number of halogens is 5. The third kappa shape index (κ3) is 4.90. The topological polar surface area (TPSA) is 51.5 Å². The van der Waals surface area contributed by atoms with E-state index in [4.69, 9.17) is 27.9 Å². The third-order valence-corrected chi connectivity index (χ3v) is 5.85. The van der Waals surface area contributed by atoms with Crippen LogP contribution < -0.4 is 0 Å². The van der Waals surface area contributed by atoms with Crippen molar-refractivity contribution in [3.8, 4) is 0 Å². The second kappa shape index (κ2) is 9.61. The van der Waals surface area contributed by atoms with E-state index < -0.39 is 29.3 Å². The highest BCUT2D eigenvalue weighted by molar-refractivity contribution is 6.37. The first-order chi connectivity index (χ1) is 14.7. The third-order valence-electron chi connectivity index (χ3n) is 5.12. The zero-order chi connectivity index (χ0) is 22.8. The molecule has 3 rings (SSSR count). The molecular weight excluding hydrogens is 454 g/mol. The molecule has 1 aromatic heterocycles. The van der Waals surface area contributed by atoms with Crippen LogP contribution in [0.3, 0.4) is 0 Å². The average Bonchev–Trinajstić information content (AvgIpc) is 3.10. The Hall–Kier alpha value is -2.06. The smallest absolute Gasteiger partial charge is 0.396 e. The predicted molar refractivity (Wildman–Crippen MR) is 114 cm³/mol. The van der Waals surface area contributed by atoms with Crippen molar-refractivity contribution in [1.82, 2.24) is 4.57 Å². The molecule has 1 heterocycles. The molecule has 1 N–H and O–H groups in total. The quantitative estimate of drug-likeness (QED) is 0.410. The van der Waals surface area contributed by atoms with Gasteiger partial charge in [-0.1, -0.05) is 41.4 Å². The van der Waals surface area contributed by atoms with Crippen LogP contribution in [0, 0.1) is 0 Å². The van der Waals surface area contributed by atoms with Crippen LogP contribution in [0.2, 0.25) is 10.0 Å². The Bertz CT molecular complexity index is 1100. The van der Waals surface area contributed by atoms with Crippen LogP contribution in [0.25, 0.3) is 10.9 Å². The summed E-state index contributed by atoms with van der Waals surface area (Å²) in [5, 5.41) is 10.3. The molecular formula is C22H20Cl2F3NO3. The van der Waals surface area contributed by atoms with E-state index in [1.54, 1.807) is 25.4 Å². The lowest BCUT2D eigenvalue weighted by molar-refractivity contribution is -0.137. The molecule has 1 unspecified atom stereocenters. The Morgan fingerprint density at radius 3 is 2.55 bits per heavy atom. The van der Waals surface area contributed by atoms with Gasteiger partial charge in [-0.3, -0.25) is 4.79 Å². The number of ketones is 1. The number of methoxy groups -OCH3 is 1. The number of carbonyl (C=O) groups is 1. The van der Waals surface area contributed by atoms with Gasteiger partial charge < -0.3 is 14.4 Å². The number of carbonyl (C=O) groups excluding carboxylic acids is 1. The van der Waals surface area contributed by atoms with E-state index in [-0.39, 0.29) is 17.8 Å². The number of aliphatic hydroxyl groups excluding tert-OH is 1. The highest BCUT2D eigenvalue weighted by Crippen LogP contribution is 2.39. The summed E-state index contributed by atoms with van der Waals surface area (Å²) in [7, 11) is 1.56. The fourth-order valence-electron chi connectivity index (χ4n) is 3.59. The second-order valence-corrected chi connectivity index (χ2v) is 7.86. The van der Waals surface area contributed by atoms with E-state index >= 15 is 0 Å². The van der Waals surface area contributed by atoms with Gasteiger partial charge in [-0.05, 0) is 23.8 Å². The van der Waals surface area contributed by atoms with Gasteiger partial charge >= 0.3 is 6.18 Å². The monoisotopic (exact) mass is 473 g/mol. The first kappa shape index (κ1) is 23.6. The van der Waals surface area contributed by atoms with Crippen molar-refractivity contribution in [3.05, 3.63) is 69.3 Å². The van der Waals surface area contributed by atoms with E-state index in [2.05, 4.69) is 0 Å². The molecule has 0 amide bonds. The van der Waals surface area contributed by atoms with Crippen LogP contribution in [0.5, 0.6) is 0 Å². The van der Waals surface area contributed by atoms with E-state index in [1.807, 2.05) is 10.6 Å². The Morgan fingerprint density at radius 1 is 1.19 bits per heavy atom. The van der Waals surface area contributed by atoms with Crippen molar-refractivity contribution in [1.29, 1.82) is 0 Å². The van der Waals surface area contributed by atoms with Crippen molar-refractivity contribution >= 4 is 39.9 Å². The number of alkyl halides is 3. The van der Waals surface area contributed by atoms with Crippen LogP contribution in [-0.2, 0) is 17.5 Å². The van der Waals surface area contributed by atoms with Crippen LogP contribution in [0.4, 0.5) is 13.2 Å². The Kier molecular flexibility index (Phi) is 7.31. The molecule has 1 atom stereocenters. The number of hydrogen-bond acceptors (Lipinski definition) is 3. The minimum Gasteiger partial charge on any atom is -0.396 e. The molecule has 0 aliphatic rings. The number of benzene rings is 2. The number of aliphatic hydroxyl groups is 1. The van der Waals surface area contributed by atoms with Crippen molar-refractivity contribution in [2.24, 2.45) is 0 Å². The first-order valence-electron chi connectivity index (χ1n) is 9.45. The molecule has 0 spiro atoms. The lowest BCUT2D eigenvalue weighted by atomic mass is 9.91. The zero-order valence-corrected chi connectivity index (χ0v) is 18.1. The molecule has 0 saturated carbocycles. The van der Waals surface area contributed by atoms with E-state index in [9.17, 15) is 23.1 Å². The lowest BCUT2D eigenvalue weighted by Crippen LogP contribution is -2.14. The molecule has 0 aliphatic carbocycles. The van der Waals surface area contributed by atoms with Gasteiger partial charge in [-0.15, -0.1) is 0 Å². The lowest BCUT2D eigenvalue weighted by Gasteiger charge is -2.18. The fraction of sp³-hybridized carbons (Fsp3) is 0.318. The minimum atomic E-state index is -4.64. The van der Waals surface area contributed by atoms with Crippen LogP contribution >= 0.6 is 23.2 Å². The maximum Gasteiger partial charge on any atom is 0.417 e. The Labute approximate surface area is 187 Å². The summed E-state index contributed by atoms with van der Waals surface area (Å²) < 4.78 is 46.6. The number of hydrogen-bond donors (Lipinski definition) is 1. The van der Waals surface area contributed by atoms with Gasteiger partial charge in [0.25, 0.3) is 0 Å². The summed E-state index contributed by atoms with van der Waals surface area (Å²) in [4.78, 5) is 13.2. The molecule has 0 radical (unpaired) electrons. The highest BCUT2D eigenvalue weighted by Gasteiger charge is 2.35. The Balaban J connectivity index is 1.98. The van der Waals surface area contributed by atoms with Gasteiger partial charge in [0.2, 0.25) is 0 Å². The number of rotatable bonds is 8. The van der Waals surface area contributed by atoms with Gasteiger partial charge in [0.05, 0.1) is 34.3 Å². The van der Waals surface area contributed by atoms with E-state index in [0.29, 0.717) is 29.1 Å². The maximum absolute atomic E-state index is 13.2. The van der Waals surface area contributed by atoms with Gasteiger partial charge in [0.15, 0.2) is 5.78 Å². The number of nitrogens with zero attached hydrogens (tertiary/aromatic N) is 1. The van der Waals surface area contributed by atoms with Crippen molar-refractivity contribution in [2.75, 3.05) is 20.3 Å². The van der Waals surface area contributed by atoms with Crippen molar-refractivity contribution in [3.63, 3.8) is 0 Å². The summed E-state index contributed by atoms with van der Waals surface area (Å²) in [5.74, 6) is -1.26. The van der Waals surface area contributed by atoms with Crippen LogP contribution in [-0.4, -0.2) is 35.8 Å². The summed E-state index contributed by atoms with van der Waals surface area (Å²) in [6.07, 6.45) is -3.22. The van der Waals surface area contributed by atoms with E-state index in [0.717, 1.165) is 11.6 Å². The van der Waals surface area contributed by atoms with Gasteiger partial charge in [0, 0.05) is 43.1 Å². The number of aromatic nitrogens is 1. The molecule has 0 bridgehead atoms. The van der Waals surface area contributed by atoms with Crippen molar-refractivity contribution < 1.29 is 27.8 Å². The van der Waals surface area contributed by atoms with Crippen molar-refractivity contribution in [2.45, 2.75) is 25.1 Å². The number of fused-ring (bicyclic) bond motifs is 1. The normalized spacial score (nSPS) is 13.0. The highest BCUT2D eigenvalue weighted by atomic mass is 35.5. The molecule has 0 saturated heterocycles. The Morgan fingerprint density at radius 2 is 1.90 bits per heavy atom. The molecule has 0 aliphatic heterocycles. The summed E-state index contributed by atoms with van der Waals surface area (Å²) in [5.41, 5.74) is 0.141. The molecule has 166 valence electrons. The van der Waals surface area contributed by atoms with E-state index in [1.165, 1.54) is 12.1 Å².